The second-order valence-corrected chi connectivity index (χ2v) is 6.53. The van der Waals surface area contributed by atoms with Crippen LogP contribution < -0.4 is 0 Å². The molecule has 0 saturated heterocycles. The van der Waals surface area contributed by atoms with E-state index in [1.165, 1.54) is 12.5 Å². The van der Waals surface area contributed by atoms with Crippen molar-refractivity contribution in [2.24, 2.45) is 11.3 Å². The van der Waals surface area contributed by atoms with Gasteiger partial charge in [0.25, 0.3) is 0 Å². The first kappa shape index (κ1) is 15.0. The molecule has 0 aromatic carbocycles. The number of allylic oxidation sites excluding steroid dienone is 3. The lowest BCUT2D eigenvalue weighted by atomic mass is 9.62. The average Bonchev–Trinajstić information content (AvgIpc) is 2.29. The van der Waals surface area contributed by atoms with Crippen molar-refractivity contribution in [1.29, 1.82) is 0 Å². The minimum absolute atomic E-state index is 0.0813. The molecule has 20 heavy (non-hydrogen) atoms. The first-order valence-electron chi connectivity index (χ1n) is 7.39. The van der Waals surface area contributed by atoms with Crippen LogP contribution in [-0.4, -0.2) is 17.9 Å². The Hall–Kier alpha value is -1.38. The highest BCUT2D eigenvalue weighted by Crippen LogP contribution is 2.49. The van der Waals surface area contributed by atoms with Gasteiger partial charge in [0.15, 0.2) is 5.78 Å². The lowest BCUT2D eigenvalue weighted by Crippen LogP contribution is -2.37. The molecular weight excluding hydrogens is 252 g/mol. The van der Waals surface area contributed by atoms with E-state index in [1.54, 1.807) is 6.08 Å². The predicted octanol–water partition coefficient (Wildman–Crippen LogP) is 3.59. The van der Waals surface area contributed by atoms with Crippen molar-refractivity contribution < 1.29 is 14.3 Å². The Bertz CT molecular complexity index is 486. The van der Waals surface area contributed by atoms with Crippen LogP contribution in [0.4, 0.5) is 0 Å². The van der Waals surface area contributed by atoms with E-state index in [4.69, 9.17) is 4.74 Å². The lowest BCUT2D eigenvalue weighted by Gasteiger charge is -2.44. The van der Waals surface area contributed by atoms with Gasteiger partial charge in [0.05, 0.1) is 0 Å². The fourth-order valence-corrected chi connectivity index (χ4v) is 3.59. The smallest absolute Gasteiger partial charge is 0.303 e. The van der Waals surface area contributed by atoms with Gasteiger partial charge in [0.2, 0.25) is 0 Å². The van der Waals surface area contributed by atoms with E-state index < -0.39 is 0 Å². The van der Waals surface area contributed by atoms with Gasteiger partial charge in [-0.2, -0.15) is 0 Å². The van der Waals surface area contributed by atoms with Gasteiger partial charge >= 0.3 is 5.97 Å². The summed E-state index contributed by atoms with van der Waals surface area (Å²) >= 11 is 0. The van der Waals surface area contributed by atoms with Crippen LogP contribution >= 0.6 is 0 Å². The Balaban J connectivity index is 2.34. The van der Waals surface area contributed by atoms with Crippen molar-refractivity contribution in [2.45, 2.75) is 59.5 Å². The fourth-order valence-electron chi connectivity index (χ4n) is 3.59. The Morgan fingerprint density at radius 2 is 2.10 bits per heavy atom. The quantitative estimate of drug-likeness (QED) is 0.543. The van der Waals surface area contributed by atoms with Crippen molar-refractivity contribution in [3.05, 3.63) is 23.3 Å². The van der Waals surface area contributed by atoms with Crippen LogP contribution in [-0.2, 0) is 14.3 Å². The third-order valence-electron chi connectivity index (χ3n) is 4.81. The second kappa shape index (κ2) is 5.55. The predicted molar refractivity (Wildman–Crippen MR) is 78.1 cm³/mol. The minimum atomic E-state index is -0.236. The molecule has 2 aliphatic rings. The summed E-state index contributed by atoms with van der Waals surface area (Å²) in [7, 11) is 0. The molecule has 2 aliphatic carbocycles. The van der Waals surface area contributed by atoms with E-state index in [1.807, 2.05) is 6.92 Å². The molecule has 110 valence electrons. The number of ether oxygens (including phenoxy) is 1. The Morgan fingerprint density at radius 3 is 2.75 bits per heavy atom. The molecular formula is C17H24O3. The van der Waals surface area contributed by atoms with Crippen LogP contribution in [0.15, 0.2) is 23.3 Å². The highest BCUT2D eigenvalue weighted by molar-refractivity contribution is 5.90. The van der Waals surface area contributed by atoms with Crippen LogP contribution in [0.3, 0.4) is 0 Å². The Morgan fingerprint density at radius 1 is 1.40 bits per heavy atom. The fraction of sp³-hybridized carbons (Fsp3) is 0.647. The van der Waals surface area contributed by atoms with Crippen LogP contribution in [0.25, 0.3) is 0 Å². The third kappa shape index (κ3) is 3.02. The number of rotatable bonds is 1. The van der Waals surface area contributed by atoms with Gasteiger partial charge in [-0.15, -0.1) is 0 Å². The zero-order chi connectivity index (χ0) is 14.9. The summed E-state index contributed by atoms with van der Waals surface area (Å²) in [5, 5.41) is 0. The van der Waals surface area contributed by atoms with Gasteiger partial charge in [-0.1, -0.05) is 25.0 Å². The van der Waals surface area contributed by atoms with E-state index in [0.29, 0.717) is 12.3 Å². The molecule has 0 heterocycles. The van der Waals surface area contributed by atoms with E-state index in [2.05, 4.69) is 19.9 Å². The van der Waals surface area contributed by atoms with Crippen molar-refractivity contribution in [2.75, 3.05) is 0 Å². The van der Waals surface area contributed by atoms with Gasteiger partial charge < -0.3 is 4.74 Å². The summed E-state index contributed by atoms with van der Waals surface area (Å²) < 4.78 is 5.37. The maximum atomic E-state index is 11.8. The van der Waals surface area contributed by atoms with Gasteiger partial charge in [-0.05, 0) is 49.7 Å². The topological polar surface area (TPSA) is 43.4 Å². The molecule has 0 N–H and O–H groups in total. The first-order chi connectivity index (χ1) is 9.31. The number of fused-ring (bicyclic) bond motifs is 1. The average molecular weight is 276 g/mol. The summed E-state index contributed by atoms with van der Waals surface area (Å²) in [6.45, 7) is 7.99. The van der Waals surface area contributed by atoms with Crippen LogP contribution in [0.1, 0.15) is 53.4 Å². The number of carbonyl (C=O) groups excluding carboxylic acids is 2. The molecule has 0 aliphatic heterocycles. The van der Waals surface area contributed by atoms with Gasteiger partial charge in [0, 0.05) is 13.3 Å². The molecule has 0 spiro atoms. The van der Waals surface area contributed by atoms with Crippen molar-refractivity contribution in [3.8, 4) is 0 Å². The molecule has 0 aromatic heterocycles. The SMILES string of the molecule is CC(=O)O[C@H]1C=C2CCC(=O)/C=C(/C)C[C@@]2(C)[C@H](C)C1. The van der Waals surface area contributed by atoms with Gasteiger partial charge in [-0.3, -0.25) is 9.59 Å². The van der Waals surface area contributed by atoms with Crippen molar-refractivity contribution in [3.63, 3.8) is 0 Å². The molecule has 0 radical (unpaired) electrons. The monoisotopic (exact) mass is 276 g/mol. The number of ketones is 1. The molecule has 3 atom stereocenters. The maximum Gasteiger partial charge on any atom is 0.303 e. The minimum Gasteiger partial charge on any atom is -0.458 e. The number of carbonyl (C=O) groups is 2. The zero-order valence-electron chi connectivity index (χ0n) is 12.9. The number of hydrogen-bond acceptors (Lipinski definition) is 3. The van der Waals surface area contributed by atoms with Crippen LogP contribution in [0.5, 0.6) is 0 Å². The van der Waals surface area contributed by atoms with Crippen molar-refractivity contribution >= 4 is 11.8 Å². The molecule has 0 unspecified atom stereocenters. The molecule has 2 rings (SSSR count). The number of esters is 1. The van der Waals surface area contributed by atoms with E-state index in [-0.39, 0.29) is 23.3 Å². The third-order valence-corrected chi connectivity index (χ3v) is 4.81. The van der Waals surface area contributed by atoms with Gasteiger partial charge in [-0.25, -0.2) is 0 Å². The molecule has 0 bridgehead atoms. The molecule has 3 heteroatoms. The highest BCUT2D eigenvalue weighted by atomic mass is 16.5. The molecule has 3 nitrogen and oxygen atoms in total. The summed E-state index contributed by atoms with van der Waals surface area (Å²) in [4.78, 5) is 22.9. The number of hydrogen-bond donors (Lipinski definition) is 0. The lowest BCUT2D eigenvalue weighted by molar-refractivity contribution is -0.145. The van der Waals surface area contributed by atoms with Crippen LogP contribution in [0.2, 0.25) is 0 Å². The molecule has 0 amide bonds. The Labute approximate surface area is 121 Å². The normalized spacial score (nSPS) is 36.9. The standard InChI is InChI=1S/C17H24O3/c1-11-7-15(19)6-5-14-9-16(20-13(3)18)8-12(2)17(14,4)10-11/h7,9,12,16H,5-6,8,10H2,1-4H3/b11-7-/t12-,16-,17+/m1/s1. The maximum absolute atomic E-state index is 11.8. The van der Waals surface area contributed by atoms with Crippen LogP contribution in [0, 0.1) is 11.3 Å². The van der Waals surface area contributed by atoms with E-state index in [9.17, 15) is 9.59 Å². The van der Waals surface area contributed by atoms with E-state index >= 15 is 0 Å². The zero-order valence-corrected chi connectivity index (χ0v) is 12.9. The second-order valence-electron chi connectivity index (χ2n) is 6.53. The Kier molecular flexibility index (Phi) is 4.17. The summed E-state index contributed by atoms with van der Waals surface area (Å²) in [6, 6.07) is 0. The van der Waals surface area contributed by atoms with Gasteiger partial charge in [0.1, 0.15) is 6.10 Å². The summed E-state index contributed by atoms with van der Waals surface area (Å²) in [6.07, 6.45) is 6.86. The van der Waals surface area contributed by atoms with Crippen molar-refractivity contribution in [1.82, 2.24) is 0 Å². The highest BCUT2D eigenvalue weighted by Gasteiger charge is 2.41. The summed E-state index contributed by atoms with van der Waals surface area (Å²) in [5.41, 5.74) is 2.52. The molecule has 0 saturated carbocycles. The molecule has 0 aromatic rings. The largest absolute Gasteiger partial charge is 0.458 e. The van der Waals surface area contributed by atoms with E-state index in [0.717, 1.165) is 24.8 Å². The first-order valence-corrected chi connectivity index (χ1v) is 7.39. The summed E-state index contributed by atoms with van der Waals surface area (Å²) in [5.74, 6) is 0.400. The molecule has 0 fully saturated rings.